The molecular weight excluding hydrogens is 114 g/mol. The Bertz CT molecular complexity index is 225. The van der Waals surface area contributed by atoms with Gasteiger partial charge in [0.05, 0.1) is 0 Å². The van der Waals surface area contributed by atoms with Crippen LogP contribution in [-0.4, -0.2) is 5.16 Å². The Balaban J connectivity index is 3.18. The van der Waals surface area contributed by atoms with Gasteiger partial charge < -0.3 is 4.52 Å². The molecule has 0 saturated heterocycles. The molecule has 1 aromatic heterocycles. The van der Waals surface area contributed by atoms with E-state index in [9.17, 15) is 0 Å². The van der Waals surface area contributed by atoms with E-state index < -0.39 is 0 Å². The molecule has 2 heteroatoms. The summed E-state index contributed by atoms with van der Waals surface area (Å²) in [5, 5.41) is 3.74. The predicted molar refractivity (Wildman–Crippen MR) is 36.1 cm³/mol. The van der Waals surface area contributed by atoms with E-state index in [4.69, 9.17) is 4.52 Å². The first-order valence-corrected chi connectivity index (χ1v) is 2.81. The molecule has 0 aliphatic carbocycles. The molecule has 1 rings (SSSR count). The molecular formula is C7H9NO. The van der Waals surface area contributed by atoms with Gasteiger partial charge in [0.2, 0.25) is 0 Å². The molecule has 0 amide bonds. The molecule has 2 nitrogen and oxygen atoms in total. The summed E-state index contributed by atoms with van der Waals surface area (Å²) >= 11 is 0. The molecule has 0 N–H and O–H groups in total. The van der Waals surface area contributed by atoms with Crippen molar-refractivity contribution in [3.63, 3.8) is 0 Å². The van der Waals surface area contributed by atoms with Crippen molar-refractivity contribution in [2.75, 3.05) is 0 Å². The van der Waals surface area contributed by atoms with Gasteiger partial charge in [0, 0.05) is 5.56 Å². The first kappa shape index (κ1) is 6.08. The normalized spacial score (nSPS) is 9.56. The third kappa shape index (κ3) is 0.875. The van der Waals surface area contributed by atoms with Crippen molar-refractivity contribution < 1.29 is 4.52 Å². The highest BCUT2D eigenvalue weighted by molar-refractivity contribution is 5.46. The van der Waals surface area contributed by atoms with E-state index in [-0.39, 0.29) is 0 Å². The minimum Gasteiger partial charge on any atom is -0.361 e. The molecule has 9 heavy (non-hydrogen) atoms. The highest BCUT2D eigenvalue weighted by atomic mass is 16.5. The molecule has 0 saturated carbocycles. The first-order valence-electron chi connectivity index (χ1n) is 2.81. The standard InChI is InChI=1S/C7H9NO/c1-4-7-5(2)6(3)9-8-7/h4H,1H2,2-3H3. The average Bonchev–Trinajstić information content (AvgIpc) is 2.15. The van der Waals surface area contributed by atoms with Gasteiger partial charge in [-0.05, 0) is 19.9 Å². The molecule has 0 aromatic carbocycles. The van der Waals surface area contributed by atoms with E-state index in [0.717, 1.165) is 17.0 Å². The third-order valence-corrected chi connectivity index (χ3v) is 1.39. The van der Waals surface area contributed by atoms with Crippen LogP contribution in [0, 0.1) is 13.8 Å². The minimum absolute atomic E-state index is 0.840. The molecule has 0 unspecified atom stereocenters. The summed E-state index contributed by atoms with van der Waals surface area (Å²) in [6.07, 6.45) is 1.69. The van der Waals surface area contributed by atoms with E-state index in [2.05, 4.69) is 11.7 Å². The Morgan fingerprint density at radius 3 is 2.44 bits per heavy atom. The molecule has 1 aromatic rings. The van der Waals surface area contributed by atoms with E-state index in [1.54, 1.807) is 6.08 Å². The zero-order valence-corrected chi connectivity index (χ0v) is 5.64. The lowest BCUT2D eigenvalue weighted by molar-refractivity contribution is 0.395. The summed E-state index contributed by atoms with van der Waals surface area (Å²) in [5.74, 6) is 0.866. The Morgan fingerprint density at radius 2 is 2.22 bits per heavy atom. The Morgan fingerprint density at radius 1 is 1.56 bits per heavy atom. The topological polar surface area (TPSA) is 26.0 Å². The lowest BCUT2D eigenvalue weighted by Crippen LogP contribution is -1.73. The number of aromatic nitrogens is 1. The van der Waals surface area contributed by atoms with Crippen molar-refractivity contribution in [2.45, 2.75) is 13.8 Å². The van der Waals surface area contributed by atoms with Gasteiger partial charge in [0.15, 0.2) is 0 Å². The monoisotopic (exact) mass is 123 g/mol. The third-order valence-electron chi connectivity index (χ3n) is 1.39. The SMILES string of the molecule is C=Cc1noc(C)c1C. The highest BCUT2D eigenvalue weighted by Crippen LogP contribution is 2.11. The van der Waals surface area contributed by atoms with Crippen LogP contribution in [0.15, 0.2) is 11.1 Å². The fraction of sp³-hybridized carbons (Fsp3) is 0.286. The zero-order valence-electron chi connectivity index (χ0n) is 5.64. The van der Waals surface area contributed by atoms with Gasteiger partial charge in [0.1, 0.15) is 11.5 Å². The summed E-state index contributed by atoms with van der Waals surface area (Å²) in [6.45, 7) is 7.43. The number of hydrogen-bond acceptors (Lipinski definition) is 2. The summed E-state index contributed by atoms with van der Waals surface area (Å²) in [4.78, 5) is 0. The summed E-state index contributed by atoms with van der Waals surface area (Å²) in [7, 11) is 0. The maximum atomic E-state index is 4.86. The second-order valence-electron chi connectivity index (χ2n) is 1.95. The molecule has 0 fully saturated rings. The van der Waals surface area contributed by atoms with Gasteiger partial charge in [-0.1, -0.05) is 11.7 Å². The van der Waals surface area contributed by atoms with Crippen LogP contribution in [0.3, 0.4) is 0 Å². The number of aryl methyl sites for hydroxylation is 1. The molecule has 0 spiro atoms. The van der Waals surface area contributed by atoms with Crippen LogP contribution in [0.1, 0.15) is 17.0 Å². The van der Waals surface area contributed by atoms with Crippen LogP contribution in [0.5, 0.6) is 0 Å². The molecule has 0 aliphatic heterocycles. The van der Waals surface area contributed by atoms with Crippen LogP contribution < -0.4 is 0 Å². The molecule has 0 atom stereocenters. The van der Waals surface area contributed by atoms with Crippen LogP contribution in [0.25, 0.3) is 6.08 Å². The van der Waals surface area contributed by atoms with Crippen molar-refractivity contribution in [3.05, 3.63) is 23.6 Å². The summed E-state index contributed by atoms with van der Waals surface area (Å²) in [6, 6.07) is 0. The van der Waals surface area contributed by atoms with E-state index in [1.807, 2.05) is 13.8 Å². The average molecular weight is 123 g/mol. The quantitative estimate of drug-likeness (QED) is 0.570. The lowest BCUT2D eigenvalue weighted by Gasteiger charge is -1.82. The van der Waals surface area contributed by atoms with Gasteiger partial charge in [0.25, 0.3) is 0 Å². The van der Waals surface area contributed by atoms with Crippen LogP contribution in [0.2, 0.25) is 0 Å². The molecule has 1 heterocycles. The summed E-state index contributed by atoms with van der Waals surface area (Å²) in [5.41, 5.74) is 1.91. The van der Waals surface area contributed by atoms with Crippen molar-refractivity contribution >= 4 is 6.08 Å². The van der Waals surface area contributed by atoms with Gasteiger partial charge >= 0.3 is 0 Å². The van der Waals surface area contributed by atoms with Crippen molar-refractivity contribution in [3.8, 4) is 0 Å². The zero-order chi connectivity index (χ0) is 6.85. The highest BCUT2D eigenvalue weighted by Gasteiger charge is 2.01. The number of rotatable bonds is 1. The van der Waals surface area contributed by atoms with Gasteiger partial charge in [-0.3, -0.25) is 0 Å². The fourth-order valence-corrected chi connectivity index (χ4v) is 0.625. The molecule has 0 aliphatic rings. The van der Waals surface area contributed by atoms with Gasteiger partial charge in [-0.2, -0.15) is 0 Å². The Labute approximate surface area is 54.2 Å². The van der Waals surface area contributed by atoms with Gasteiger partial charge in [-0.15, -0.1) is 0 Å². The smallest absolute Gasteiger partial charge is 0.137 e. The maximum Gasteiger partial charge on any atom is 0.137 e. The lowest BCUT2D eigenvalue weighted by atomic mass is 10.2. The minimum atomic E-state index is 0.840. The summed E-state index contributed by atoms with van der Waals surface area (Å²) < 4.78 is 4.86. The van der Waals surface area contributed by atoms with Crippen LogP contribution >= 0.6 is 0 Å². The molecule has 0 radical (unpaired) electrons. The van der Waals surface area contributed by atoms with E-state index in [1.165, 1.54) is 0 Å². The fourth-order valence-electron chi connectivity index (χ4n) is 0.625. The van der Waals surface area contributed by atoms with E-state index >= 15 is 0 Å². The first-order chi connectivity index (χ1) is 4.25. The van der Waals surface area contributed by atoms with Crippen LogP contribution in [0.4, 0.5) is 0 Å². The second kappa shape index (κ2) is 2.05. The van der Waals surface area contributed by atoms with Crippen molar-refractivity contribution in [2.24, 2.45) is 0 Å². The maximum absolute atomic E-state index is 4.86. The van der Waals surface area contributed by atoms with Crippen molar-refractivity contribution in [1.82, 2.24) is 5.16 Å². The molecule has 0 bridgehead atoms. The predicted octanol–water partition coefficient (Wildman–Crippen LogP) is 1.93. The Kier molecular flexibility index (Phi) is 1.39. The second-order valence-corrected chi connectivity index (χ2v) is 1.95. The van der Waals surface area contributed by atoms with Crippen molar-refractivity contribution in [1.29, 1.82) is 0 Å². The van der Waals surface area contributed by atoms with E-state index in [0.29, 0.717) is 0 Å². The van der Waals surface area contributed by atoms with Gasteiger partial charge in [-0.25, -0.2) is 0 Å². The van der Waals surface area contributed by atoms with Crippen LogP contribution in [-0.2, 0) is 0 Å². The largest absolute Gasteiger partial charge is 0.361 e. The Hall–Kier alpha value is -1.05. The number of nitrogens with zero attached hydrogens (tertiary/aromatic N) is 1. The molecule has 48 valence electrons. The number of hydrogen-bond donors (Lipinski definition) is 0.